The second-order valence-electron chi connectivity index (χ2n) is 5.22. The molecule has 3 rings (SSSR count). The lowest BCUT2D eigenvalue weighted by molar-refractivity contribution is -0.128. The average Bonchev–Trinajstić information content (AvgIpc) is 2.51. The van der Waals surface area contributed by atoms with Crippen molar-refractivity contribution >= 4 is 11.6 Å². The Morgan fingerprint density at radius 2 is 2.00 bits per heavy atom. The molecule has 1 aromatic carbocycles. The van der Waals surface area contributed by atoms with Crippen LogP contribution in [0.1, 0.15) is 32.1 Å². The number of hydrogen-bond acceptors (Lipinski definition) is 2. The number of hydrogen-bond donors (Lipinski definition) is 1. The number of fused-ring (bicyclic) bond motifs is 1. The van der Waals surface area contributed by atoms with Crippen LogP contribution in [0.15, 0.2) is 18.2 Å². The minimum Gasteiger partial charge on any atom is -0.490 e. The molecule has 0 bridgehead atoms. The Hall–Kier alpha value is -1.58. The molecule has 1 heterocycles. The van der Waals surface area contributed by atoms with Crippen molar-refractivity contribution in [3.8, 4) is 5.75 Å². The SMILES string of the molecule is O=C1Nc2ccc(F)cc2OCC12CCCCC2. The number of carbonyl (C=O) groups is 1. The van der Waals surface area contributed by atoms with E-state index >= 15 is 0 Å². The van der Waals surface area contributed by atoms with Crippen LogP contribution in [-0.4, -0.2) is 12.5 Å². The first kappa shape index (κ1) is 11.5. The Morgan fingerprint density at radius 1 is 1.22 bits per heavy atom. The smallest absolute Gasteiger partial charge is 0.234 e. The Kier molecular flexibility index (Phi) is 2.73. The summed E-state index contributed by atoms with van der Waals surface area (Å²) in [6.45, 7) is 0.356. The van der Waals surface area contributed by atoms with Crippen molar-refractivity contribution in [2.45, 2.75) is 32.1 Å². The second kappa shape index (κ2) is 4.26. The van der Waals surface area contributed by atoms with Gasteiger partial charge in [0.05, 0.1) is 11.1 Å². The quantitative estimate of drug-likeness (QED) is 0.767. The first-order valence-electron chi connectivity index (χ1n) is 6.43. The predicted molar refractivity (Wildman–Crippen MR) is 66.0 cm³/mol. The summed E-state index contributed by atoms with van der Waals surface area (Å²) in [5.41, 5.74) is 0.150. The van der Waals surface area contributed by atoms with Crippen LogP contribution >= 0.6 is 0 Å². The van der Waals surface area contributed by atoms with Gasteiger partial charge in [-0.2, -0.15) is 0 Å². The van der Waals surface area contributed by atoms with Crippen molar-refractivity contribution in [2.75, 3.05) is 11.9 Å². The van der Waals surface area contributed by atoms with Crippen molar-refractivity contribution in [3.63, 3.8) is 0 Å². The highest BCUT2D eigenvalue weighted by atomic mass is 19.1. The minimum absolute atomic E-state index is 0.0209. The third kappa shape index (κ3) is 1.85. The molecule has 1 aromatic rings. The number of amides is 1. The van der Waals surface area contributed by atoms with Crippen LogP contribution in [0.3, 0.4) is 0 Å². The van der Waals surface area contributed by atoms with Crippen molar-refractivity contribution in [1.82, 2.24) is 0 Å². The second-order valence-corrected chi connectivity index (χ2v) is 5.22. The van der Waals surface area contributed by atoms with Crippen LogP contribution < -0.4 is 10.1 Å². The summed E-state index contributed by atoms with van der Waals surface area (Å²) in [4.78, 5) is 12.4. The molecule has 1 N–H and O–H groups in total. The maximum atomic E-state index is 13.2. The molecule has 0 aromatic heterocycles. The lowest BCUT2D eigenvalue weighted by atomic mass is 9.74. The van der Waals surface area contributed by atoms with E-state index in [4.69, 9.17) is 4.74 Å². The highest BCUT2D eigenvalue weighted by Crippen LogP contribution is 2.41. The van der Waals surface area contributed by atoms with Crippen molar-refractivity contribution in [1.29, 1.82) is 0 Å². The molecule has 96 valence electrons. The molecule has 1 aliphatic heterocycles. The van der Waals surface area contributed by atoms with E-state index in [1.165, 1.54) is 18.6 Å². The van der Waals surface area contributed by atoms with Gasteiger partial charge in [-0.1, -0.05) is 19.3 Å². The number of carbonyl (C=O) groups excluding carboxylic acids is 1. The fourth-order valence-corrected chi connectivity index (χ4v) is 2.86. The predicted octanol–water partition coefficient (Wildman–Crippen LogP) is 3.11. The van der Waals surface area contributed by atoms with Gasteiger partial charge in [0.25, 0.3) is 0 Å². The Labute approximate surface area is 105 Å². The number of benzene rings is 1. The summed E-state index contributed by atoms with van der Waals surface area (Å²) >= 11 is 0. The van der Waals surface area contributed by atoms with E-state index in [0.29, 0.717) is 18.0 Å². The van der Waals surface area contributed by atoms with Crippen molar-refractivity contribution < 1.29 is 13.9 Å². The highest BCUT2D eigenvalue weighted by molar-refractivity contribution is 5.97. The summed E-state index contributed by atoms with van der Waals surface area (Å²) in [6.07, 6.45) is 5.00. The first-order chi connectivity index (χ1) is 8.70. The van der Waals surface area contributed by atoms with Gasteiger partial charge < -0.3 is 10.1 Å². The molecular weight excluding hydrogens is 233 g/mol. The van der Waals surface area contributed by atoms with Crippen LogP contribution in [0.2, 0.25) is 0 Å². The lowest BCUT2D eigenvalue weighted by Crippen LogP contribution is -2.41. The monoisotopic (exact) mass is 249 g/mol. The molecule has 1 aliphatic carbocycles. The summed E-state index contributed by atoms with van der Waals surface area (Å²) in [5.74, 6) is 0.112. The molecule has 0 unspecified atom stereocenters. The van der Waals surface area contributed by atoms with Crippen LogP contribution in [0.25, 0.3) is 0 Å². The van der Waals surface area contributed by atoms with Crippen molar-refractivity contribution in [3.05, 3.63) is 24.0 Å². The van der Waals surface area contributed by atoms with E-state index in [1.807, 2.05) is 0 Å². The fraction of sp³-hybridized carbons (Fsp3) is 0.500. The van der Waals surface area contributed by atoms with Crippen LogP contribution in [0.5, 0.6) is 5.75 Å². The summed E-state index contributed by atoms with van der Waals surface area (Å²) in [5, 5.41) is 2.88. The zero-order chi connectivity index (χ0) is 12.6. The van der Waals surface area contributed by atoms with Crippen LogP contribution in [-0.2, 0) is 4.79 Å². The maximum Gasteiger partial charge on any atom is 0.234 e. The van der Waals surface area contributed by atoms with Gasteiger partial charge in [-0.05, 0) is 25.0 Å². The van der Waals surface area contributed by atoms with E-state index in [2.05, 4.69) is 5.32 Å². The molecule has 4 heteroatoms. The molecule has 1 saturated carbocycles. The molecule has 1 fully saturated rings. The largest absolute Gasteiger partial charge is 0.490 e. The van der Waals surface area contributed by atoms with E-state index in [9.17, 15) is 9.18 Å². The minimum atomic E-state index is -0.423. The third-order valence-corrected chi connectivity index (χ3v) is 3.99. The zero-order valence-corrected chi connectivity index (χ0v) is 10.2. The molecular formula is C14H16FNO2. The topological polar surface area (TPSA) is 38.3 Å². The number of halogens is 1. The number of anilines is 1. The van der Waals surface area contributed by atoms with Gasteiger partial charge in [-0.15, -0.1) is 0 Å². The molecule has 0 saturated heterocycles. The number of nitrogens with one attached hydrogen (secondary N) is 1. The van der Waals surface area contributed by atoms with E-state index in [1.54, 1.807) is 6.07 Å². The maximum absolute atomic E-state index is 13.2. The molecule has 0 radical (unpaired) electrons. The molecule has 18 heavy (non-hydrogen) atoms. The van der Waals surface area contributed by atoms with Gasteiger partial charge in [0.1, 0.15) is 18.2 Å². The van der Waals surface area contributed by atoms with Crippen LogP contribution in [0.4, 0.5) is 10.1 Å². The molecule has 0 atom stereocenters. The van der Waals surface area contributed by atoms with E-state index in [0.717, 1.165) is 25.7 Å². The number of rotatable bonds is 0. The molecule has 2 aliphatic rings. The normalized spacial score (nSPS) is 21.7. The fourth-order valence-electron chi connectivity index (χ4n) is 2.86. The number of ether oxygens (including phenoxy) is 1. The Balaban J connectivity index is 1.92. The molecule has 1 spiro atoms. The third-order valence-electron chi connectivity index (χ3n) is 3.99. The standard InChI is InChI=1S/C14H16FNO2/c15-10-4-5-11-12(8-10)18-9-14(13(17)16-11)6-2-1-3-7-14/h4-5,8H,1-3,6-7,9H2,(H,16,17). The zero-order valence-electron chi connectivity index (χ0n) is 10.2. The van der Waals surface area contributed by atoms with Crippen molar-refractivity contribution in [2.24, 2.45) is 5.41 Å². The Morgan fingerprint density at radius 3 is 2.78 bits per heavy atom. The van der Waals surface area contributed by atoms with Gasteiger partial charge in [-0.3, -0.25) is 4.79 Å². The van der Waals surface area contributed by atoms with Gasteiger partial charge in [0.2, 0.25) is 5.91 Å². The summed E-state index contributed by atoms with van der Waals surface area (Å²) < 4.78 is 18.8. The lowest BCUT2D eigenvalue weighted by Gasteiger charge is -2.33. The summed E-state index contributed by atoms with van der Waals surface area (Å²) in [6, 6.07) is 4.23. The van der Waals surface area contributed by atoms with E-state index in [-0.39, 0.29) is 11.7 Å². The Bertz CT molecular complexity index is 481. The molecule has 1 amide bonds. The van der Waals surface area contributed by atoms with Gasteiger partial charge in [-0.25, -0.2) is 4.39 Å². The van der Waals surface area contributed by atoms with Gasteiger partial charge >= 0.3 is 0 Å². The van der Waals surface area contributed by atoms with Crippen LogP contribution in [0, 0.1) is 11.2 Å². The van der Waals surface area contributed by atoms with E-state index < -0.39 is 5.41 Å². The first-order valence-corrected chi connectivity index (χ1v) is 6.43. The highest BCUT2D eigenvalue weighted by Gasteiger charge is 2.42. The van der Waals surface area contributed by atoms with Gasteiger partial charge in [0.15, 0.2) is 0 Å². The molecule has 3 nitrogen and oxygen atoms in total. The summed E-state index contributed by atoms with van der Waals surface area (Å²) in [7, 11) is 0. The van der Waals surface area contributed by atoms with Gasteiger partial charge in [0, 0.05) is 6.07 Å². The average molecular weight is 249 g/mol.